The van der Waals surface area contributed by atoms with E-state index in [1.807, 2.05) is 0 Å². The summed E-state index contributed by atoms with van der Waals surface area (Å²) in [5.41, 5.74) is -2.62. The number of benzene rings is 1. The smallest absolute Gasteiger partial charge is 0.431 e. The number of nitrogens with zero attached hydrogens (tertiary/aromatic N) is 1. The first-order valence-electron chi connectivity index (χ1n) is 6.48. The summed E-state index contributed by atoms with van der Waals surface area (Å²) < 4.78 is 58.4. The summed E-state index contributed by atoms with van der Waals surface area (Å²) in [6.07, 6.45) is 1.26. The van der Waals surface area contributed by atoms with Gasteiger partial charge in [0.25, 0.3) is 0 Å². The molecule has 1 heterocycles. The number of alkyl halides is 3. The van der Waals surface area contributed by atoms with Crippen LogP contribution in [0.25, 0.3) is 11.1 Å². The lowest BCUT2D eigenvalue weighted by Crippen LogP contribution is -2.19. The van der Waals surface area contributed by atoms with Crippen LogP contribution in [0.15, 0.2) is 29.2 Å². The highest BCUT2D eigenvalue weighted by atomic mass is 35.5. The third kappa shape index (κ3) is 3.54. The normalized spacial score (nSPS) is 11.2. The van der Waals surface area contributed by atoms with Gasteiger partial charge in [0.05, 0.1) is 5.02 Å². The molecule has 1 aromatic heterocycles. The average Bonchev–Trinajstić information content (AvgIpc) is 2.47. The number of aromatic nitrogens is 1. The van der Waals surface area contributed by atoms with Crippen LogP contribution in [0.3, 0.4) is 0 Å². The Bertz CT molecular complexity index is 881. The number of rotatable bonds is 3. The van der Waals surface area contributed by atoms with Crippen LogP contribution in [-0.4, -0.2) is 11.2 Å². The zero-order valence-electron chi connectivity index (χ0n) is 12.2. The van der Waals surface area contributed by atoms with Gasteiger partial charge in [-0.15, -0.1) is 6.42 Å². The summed E-state index contributed by atoms with van der Waals surface area (Å²) in [5, 5.41) is -0.0739. The molecule has 0 saturated heterocycles. The van der Waals surface area contributed by atoms with E-state index in [-0.39, 0.29) is 28.5 Å². The van der Waals surface area contributed by atoms with Crippen LogP contribution < -0.4 is 10.2 Å². The summed E-state index contributed by atoms with van der Waals surface area (Å²) in [6, 6.07) is 2.43. The van der Waals surface area contributed by atoms with Crippen molar-refractivity contribution in [3.63, 3.8) is 0 Å². The van der Waals surface area contributed by atoms with Crippen molar-refractivity contribution in [1.29, 1.82) is 0 Å². The molecule has 0 aliphatic carbocycles. The standard InChI is InChI=1S/C16H10ClF4NO2/c1-3-4-24-14-5-9(12(18)6-11(14)17)10-8-22(2)15(7-13(10)23)16(19,20)21/h1,5-8H,4H2,2H3. The summed E-state index contributed by atoms with van der Waals surface area (Å²) in [4.78, 5) is 12.0. The van der Waals surface area contributed by atoms with E-state index in [4.69, 9.17) is 22.8 Å². The summed E-state index contributed by atoms with van der Waals surface area (Å²) in [6.45, 7) is -0.143. The Hall–Kier alpha value is -2.46. The fourth-order valence-corrected chi connectivity index (χ4v) is 2.29. The van der Waals surface area contributed by atoms with E-state index < -0.39 is 23.1 Å². The third-order valence-electron chi connectivity index (χ3n) is 3.15. The molecule has 0 radical (unpaired) electrons. The Morgan fingerprint density at radius 1 is 1.29 bits per heavy atom. The first kappa shape index (κ1) is 17.9. The molecule has 8 heteroatoms. The van der Waals surface area contributed by atoms with Gasteiger partial charge >= 0.3 is 6.18 Å². The van der Waals surface area contributed by atoms with E-state index in [0.29, 0.717) is 10.6 Å². The van der Waals surface area contributed by atoms with E-state index in [1.54, 1.807) is 0 Å². The van der Waals surface area contributed by atoms with Crippen molar-refractivity contribution in [2.45, 2.75) is 6.18 Å². The molecule has 0 fully saturated rings. The monoisotopic (exact) mass is 359 g/mol. The Balaban J connectivity index is 2.63. The Labute approximate surface area is 139 Å². The molecule has 126 valence electrons. The van der Waals surface area contributed by atoms with Gasteiger partial charge in [0.15, 0.2) is 5.43 Å². The van der Waals surface area contributed by atoms with Gasteiger partial charge in [-0.05, 0) is 12.1 Å². The molecular formula is C16H10ClF4NO2. The zero-order chi connectivity index (χ0) is 18.1. The van der Waals surface area contributed by atoms with Gasteiger partial charge in [-0.25, -0.2) is 4.39 Å². The summed E-state index contributed by atoms with van der Waals surface area (Å²) in [7, 11) is 1.11. The van der Waals surface area contributed by atoms with E-state index >= 15 is 0 Å². The van der Waals surface area contributed by atoms with E-state index in [9.17, 15) is 22.4 Å². The van der Waals surface area contributed by atoms with Crippen molar-refractivity contribution >= 4 is 11.6 Å². The second kappa shape index (κ2) is 6.57. The number of hydrogen-bond donors (Lipinski definition) is 0. The van der Waals surface area contributed by atoms with E-state index in [0.717, 1.165) is 25.4 Å². The molecule has 24 heavy (non-hydrogen) atoms. The van der Waals surface area contributed by atoms with Crippen molar-refractivity contribution in [2.75, 3.05) is 6.61 Å². The number of halogens is 5. The Morgan fingerprint density at radius 3 is 2.54 bits per heavy atom. The third-order valence-corrected chi connectivity index (χ3v) is 3.44. The summed E-state index contributed by atoms with van der Waals surface area (Å²) in [5.74, 6) is 1.35. The van der Waals surface area contributed by atoms with Crippen LogP contribution in [0, 0.1) is 18.2 Å². The highest BCUT2D eigenvalue weighted by Crippen LogP contribution is 2.33. The molecular weight excluding hydrogens is 350 g/mol. The fraction of sp³-hybridized carbons (Fsp3) is 0.188. The largest absolute Gasteiger partial charge is 0.479 e. The van der Waals surface area contributed by atoms with Gasteiger partial charge in [-0.2, -0.15) is 13.2 Å². The molecule has 0 unspecified atom stereocenters. The van der Waals surface area contributed by atoms with Crippen molar-refractivity contribution in [1.82, 2.24) is 4.57 Å². The van der Waals surface area contributed by atoms with Gasteiger partial charge in [0.1, 0.15) is 23.9 Å². The maximum absolute atomic E-state index is 14.1. The minimum absolute atomic E-state index is 0.0213. The van der Waals surface area contributed by atoms with Gasteiger partial charge in [0.2, 0.25) is 0 Å². The lowest BCUT2D eigenvalue weighted by molar-refractivity contribution is -0.143. The first-order chi connectivity index (χ1) is 11.1. The minimum Gasteiger partial charge on any atom is -0.479 e. The number of pyridine rings is 1. The van der Waals surface area contributed by atoms with Gasteiger partial charge in [0, 0.05) is 30.4 Å². The van der Waals surface area contributed by atoms with Crippen molar-refractivity contribution < 1.29 is 22.3 Å². The van der Waals surface area contributed by atoms with Crippen LogP contribution in [0.2, 0.25) is 5.02 Å². The van der Waals surface area contributed by atoms with Crippen LogP contribution in [0.5, 0.6) is 5.75 Å². The van der Waals surface area contributed by atoms with E-state index in [1.165, 1.54) is 0 Å². The lowest BCUT2D eigenvalue weighted by Gasteiger charge is -2.14. The molecule has 3 nitrogen and oxygen atoms in total. The predicted octanol–water partition coefficient (Wildman–Crippen LogP) is 3.88. The average molecular weight is 360 g/mol. The highest BCUT2D eigenvalue weighted by Gasteiger charge is 2.34. The molecule has 0 aliphatic heterocycles. The zero-order valence-corrected chi connectivity index (χ0v) is 13.0. The molecule has 0 amide bonds. The molecule has 0 N–H and O–H groups in total. The van der Waals surface area contributed by atoms with Gasteiger partial charge in [-0.3, -0.25) is 4.79 Å². The highest BCUT2D eigenvalue weighted by molar-refractivity contribution is 6.32. The molecule has 2 rings (SSSR count). The van der Waals surface area contributed by atoms with Crippen molar-refractivity contribution in [3.8, 4) is 29.2 Å². The number of aryl methyl sites for hydroxylation is 1. The molecule has 0 spiro atoms. The Morgan fingerprint density at radius 2 is 1.96 bits per heavy atom. The first-order valence-corrected chi connectivity index (χ1v) is 6.86. The van der Waals surface area contributed by atoms with Crippen LogP contribution in [0.1, 0.15) is 5.69 Å². The predicted molar refractivity (Wildman–Crippen MR) is 81.4 cm³/mol. The van der Waals surface area contributed by atoms with Crippen molar-refractivity contribution in [3.05, 3.63) is 51.2 Å². The van der Waals surface area contributed by atoms with Gasteiger partial charge in [-0.1, -0.05) is 17.5 Å². The molecule has 0 saturated carbocycles. The fourth-order valence-electron chi connectivity index (χ4n) is 2.08. The van der Waals surface area contributed by atoms with Crippen molar-refractivity contribution in [2.24, 2.45) is 7.05 Å². The maximum atomic E-state index is 14.1. The molecule has 0 atom stereocenters. The number of ether oxygens (including phenoxy) is 1. The quantitative estimate of drug-likeness (QED) is 0.615. The number of hydrogen-bond acceptors (Lipinski definition) is 2. The van der Waals surface area contributed by atoms with E-state index in [2.05, 4.69) is 5.92 Å². The topological polar surface area (TPSA) is 31.2 Å². The number of terminal acetylenes is 1. The van der Waals surface area contributed by atoms with Gasteiger partial charge < -0.3 is 9.30 Å². The van der Waals surface area contributed by atoms with Crippen LogP contribution >= 0.6 is 11.6 Å². The molecule has 2 aromatic rings. The second-order valence-electron chi connectivity index (χ2n) is 4.80. The molecule has 1 aromatic carbocycles. The maximum Gasteiger partial charge on any atom is 0.431 e. The second-order valence-corrected chi connectivity index (χ2v) is 5.21. The molecule has 0 bridgehead atoms. The minimum atomic E-state index is -4.70. The SMILES string of the molecule is C#CCOc1cc(-c2cn(C)c(C(F)(F)F)cc2=O)c(F)cc1Cl. The van der Waals surface area contributed by atoms with Crippen LogP contribution in [-0.2, 0) is 13.2 Å². The summed E-state index contributed by atoms with van der Waals surface area (Å²) >= 11 is 5.82. The van der Waals surface area contributed by atoms with Crippen LogP contribution in [0.4, 0.5) is 17.6 Å². The molecule has 0 aliphatic rings. The lowest BCUT2D eigenvalue weighted by atomic mass is 10.1. The Kier molecular flexibility index (Phi) is 4.90.